The lowest BCUT2D eigenvalue weighted by atomic mass is 10.1. The Kier molecular flexibility index (Phi) is 8.66. The average molecular weight is 363 g/mol. The van der Waals surface area contributed by atoms with E-state index in [1.165, 1.54) is 36.9 Å². The largest absolute Gasteiger partial charge is 0.372 e. The topological polar surface area (TPSA) is 23.6 Å². The second-order valence-corrected chi connectivity index (χ2v) is 7.93. The molecule has 1 aliphatic heterocycles. The minimum absolute atomic E-state index is 0.203. The molecule has 0 aliphatic carbocycles. The molecule has 1 saturated heterocycles. The molecule has 0 radical (unpaired) electrons. The number of unbranched alkanes of at least 4 members (excludes halogenated alkanes) is 4. The van der Waals surface area contributed by atoms with E-state index >= 15 is 0 Å². The Bertz CT molecular complexity index is 513. The first-order valence-electron chi connectivity index (χ1n) is 9.97. The summed E-state index contributed by atoms with van der Waals surface area (Å²) in [7, 11) is 0. The Morgan fingerprint density at radius 1 is 1.08 bits per heavy atom. The Morgan fingerprint density at radius 3 is 2.40 bits per heavy atom. The number of anilines is 1. The van der Waals surface area contributed by atoms with Crippen molar-refractivity contribution in [1.29, 1.82) is 0 Å². The molecule has 0 N–H and O–H groups in total. The molecule has 0 spiro atoms. The van der Waals surface area contributed by atoms with Crippen molar-refractivity contribution in [2.45, 2.75) is 64.7 Å². The van der Waals surface area contributed by atoms with E-state index in [1.807, 2.05) is 11.8 Å². The minimum Gasteiger partial charge on any atom is -0.372 e. The van der Waals surface area contributed by atoms with Crippen LogP contribution in [0.4, 0.5) is 5.69 Å². The van der Waals surface area contributed by atoms with Gasteiger partial charge in [-0.2, -0.15) is 0 Å². The van der Waals surface area contributed by atoms with E-state index in [1.54, 1.807) is 0 Å². The number of carbonyl (C=O) groups is 1. The van der Waals surface area contributed by atoms with E-state index < -0.39 is 0 Å². The molecule has 0 aromatic heterocycles. The summed E-state index contributed by atoms with van der Waals surface area (Å²) in [5, 5.41) is 0.203. The van der Waals surface area contributed by atoms with E-state index in [2.05, 4.69) is 54.8 Å². The van der Waals surface area contributed by atoms with E-state index in [4.69, 9.17) is 0 Å². The van der Waals surface area contributed by atoms with Crippen molar-refractivity contribution in [3.63, 3.8) is 0 Å². The highest BCUT2D eigenvalue weighted by Gasteiger charge is 2.30. The lowest BCUT2D eigenvalue weighted by Gasteiger charge is -2.26. The van der Waals surface area contributed by atoms with Gasteiger partial charge in [-0.1, -0.05) is 44.7 Å². The van der Waals surface area contributed by atoms with Gasteiger partial charge in [0, 0.05) is 37.5 Å². The number of hydrogen-bond acceptors (Lipinski definition) is 3. The maximum Gasteiger partial charge on any atom is 0.223 e. The third-order valence-corrected chi connectivity index (χ3v) is 6.27. The molecule has 1 heterocycles. The van der Waals surface area contributed by atoms with Crippen LogP contribution in [0.15, 0.2) is 24.3 Å². The molecule has 140 valence electrons. The van der Waals surface area contributed by atoms with Crippen LogP contribution in [0.3, 0.4) is 0 Å². The van der Waals surface area contributed by atoms with Gasteiger partial charge in [0.25, 0.3) is 0 Å². The van der Waals surface area contributed by atoms with Crippen LogP contribution in [0.1, 0.15) is 70.2 Å². The van der Waals surface area contributed by atoms with Crippen LogP contribution < -0.4 is 4.90 Å². The number of rotatable bonds is 10. The van der Waals surface area contributed by atoms with Crippen LogP contribution in [0.2, 0.25) is 0 Å². The van der Waals surface area contributed by atoms with Crippen LogP contribution in [-0.4, -0.2) is 36.2 Å². The van der Waals surface area contributed by atoms with Crippen molar-refractivity contribution in [3.8, 4) is 0 Å². The molecule has 25 heavy (non-hydrogen) atoms. The van der Waals surface area contributed by atoms with Gasteiger partial charge in [-0.25, -0.2) is 0 Å². The number of benzene rings is 1. The summed E-state index contributed by atoms with van der Waals surface area (Å²) in [6.07, 6.45) is 6.72. The van der Waals surface area contributed by atoms with Crippen molar-refractivity contribution in [2.24, 2.45) is 0 Å². The van der Waals surface area contributed by atoms with Gasteiger partial charge in [0.05, 0.1) is 0 Å². The Hall–Kier alpha value is -1.16. The summed E-state index contributed by atoms with van der Waals surface area (Å²) in [6.45, 7) is 9.53. The number of hydrogen-bond donors (Lipinski definition) is 0. The van der Waals surface area contributed by atoms with Gasteiger partial charge in [-0.3, -0.25) is 4.79 Å². The predicted molar refractivity (Wildman–Crippen MR) is 110 cm³/mol. The van der Waals surface area contributed by atoms with Gasteiger partial charge in [0.15, 0.2) is 0 Å². The molecule has 1 aromatic rings. The van der Waals surface area contributed by atoms with E-state index in [0.29, 0.717) is 12.3 Å². The molecule has 0 saturated carbocycles. The monoisotopic (exact) mass is 362 g/mol. The third kappa shape index (κ3) is 5.67. The molecule has 4 heteroatoms. The first kappa shape index (κ1) is 20.2. The zero-order chi connectivity index (χ0) is 18.1. The fourth-order valence-electron chi connectivity index (χ4n) is 3.46. The summed E-state index contributed by atoms with van der Waals surface area (Å²) in [5.74, 6) is 1.38. The van der Waals surface area contributed by atoms with Gasteiger partial charge in [0.2, 0.25) is 5.91 Å². The summed E-state index contributed by atoms with van der Waals surface area (Å²) in [4.78, 5) is 17.1. The smallest absolute Gasteiger partial charge is 0.223 e. The fourth-order valence-corrected chi connectivity index (χ4v) is 4.74. The van der Waals surface area contributed by atoms with Gasteiger partial charge < -0.3 is 9.80 Å². The molecule has 1 aromatic carbocycles. The summed E-state index contributed by atoms with van der Waals surface area (Å²) in [6, 6.07) is 8.82. The first-order chi connectivity index (χ1) is 12.2. The first-order valence-corrected chi connectivity index (χ1v) is 11.0. The molecule has 1 aliphatic rings. The summed E-state index contributed by atoms with van der Waals surface area (Å²) in [5.41, 5.74) is 2.53. The number of thioether (sulfide) groups is 1. The molecular formula is C21H34N2OS. The zero-order valence-electron chi connectivity index (χ0n) is 16.2. The Morgan fingerprint density at radius 2 is 1.76 bits per heavy atom. The van der Waals surface area contributed by atoms with Crippen LogP contribution >= 0.6 is 11.8 Å². The van der Waals surface area contributed by atoms with Gasteiger partial charge in [-0.05, 0) is 38.0 Å². The van der Waals surface area contributed by atoms with E-state index in [-0.39, 0.29) is 5.37 Å². The lowest BCUT2D eigenvalue weighted by Crippen LogP contribution is -2.30. The Balaban J connectivity index is 1.92. The molecule has 3 nitrogen and oxygen atoms in total. The van der Waals surface area contributed by atoms with Gasteiger partial charge in [0.1, 0.15) is 5.37 Å². The SMILES string of the molecule is CCCCCCCC(=O)N1CCSC1c1ccc(N(CC)CC)cc1. The fraction of sp³-hybridized carbons (Fsp3) is 0.667. The van der Waals surface area contributed by atoms with Crippen molar-refractivity contribution in [3.05, 3.63) is 29.8 Å². The molecular weight excluding hydrogens is 328 g/mol. The quantitative estimate of drug-likeness (QED) is 0.516. The zero-order valence-corrected chi connectivity index (χ0v) is 17.0. The molecule has 0 bridgehead atoms. The highest BCUT2D eigenvalue weighted by Crippen LogP contribution is 2.38. The maximum atomic E-state index is 12.6. The molecule has 1 fully saturated rings. The highest BCUT2D eigenvalue weighted by molar-refractivity contribution is 7.99. The predicted octanol–water partition coefficient (Wildman–Crippen LogP) is 5.47. The molecule has 2 rings (SSSR count). The maximum absolute atomic E-state index is 12.6. The van der Waals surface area contributed by atoms with Crippen LogP contribution in [0.5, 0.6) is 0 Å². The number of nitrogens with zero attached hydrogens (tertiary/aromatic N) is 2. The second-order valence-electron chi connectivity index (χ2n) is 6.74. The molecule has 1 amide bonds. The summed E-state index contributed by atoms with van der Waals surface area (Å²) < 4.78 is 0. The average Bonchev–Trinajstić information content (AvgIpc) is 3.13. The van der Waals surface area contributed by atoms with Gasteiger partial charge in [-0.15, -0.1) is 11.8 Å². The van der Waals surface area contributed by atoms with Crippen LogP contribution in [0.25, 0.3) is 0 Å². The standard InChI is InChI=1S/C21H34N2OS/c1-4-7-8-9-10-11-20(24)23-16-17-25-21(23)18-12-14-19(15-13-18)22(5-2)6-3/h12-15,21H,4-11,16-17H2,1-3H3. The van der Waals surface area contributed by atoms with Gasteiger partial charge >= 0.3 is 0 Å². The normalized spacial score (nSPS) is 17.1. The number of amides is 1. The second kappa shape index (κ2) is 10.7. The summed E-state index contributed by atoms with van der Waals surface area (Å²) >= 11 is 1.90. The van der Waals surface area contributed by atoms with Crippen molar-refractivity contribution in [2.75, 3.05) is 30.3 Å². The Labute approximate surface area is 158 Å². The van der Waals surface area contributed by atoms with Crippen molar-refractivity contribution in [1.82, 2.24) is 4.90 Å². The van der Waals surface area contributed by atoms with Crippen LogP contribution in [0, 0.1) is 0 Å². The third-order valence-electron chi connectivity index (χ3n) is 5.01. The van der Waals surface area contributed by atoms with Crippen LogP contribution in [-0.2, 0) is 4.79 Å². The highest BCUT2D eigenvalue weighted by atomic mass is 32.2. The van der Waals surface area contributed by atoms with Crippen molar-refractivity contribution >= 4 is 23.4 Å². The van der Waals surface area contributed by atoms with Crippen molar-refractivity contribution < 1.29 is 4.79 Å². The molecule has 1 atom stereocenters. The molecule has 1 unspecified atom stereocenters. The minimum atomic E-state index is 0.203. The lowest BCUT2D eigenvalue weighted by molar-refractivity contribution is -0.131. The number of carbonyl (C=O) groups excluding carboxylic acids is 1. The van der Waals surface area contributed by atoms with E-state index in [0.717, 1.165) is 31.8 Å². The van der Waals surface area contributed by atoms with E-state index in [9.17, 15) is 4.79 Å².